The van der Waals surface area contributed by atoms with Crippen molar-refractivity contribution in [1.82, 2.24) is 19.1 Å². The number of para-hydroxylation sites is 2. The van der Waals surface area contributed by atoms with Crippen molar-refractivity contribution in [2.24, 2.45) is 0 Å². The van der Waals surface area contributed by atoms with Crippen LogP contribution in [0.2, 0.25) is 0 Å². The molecule has 10 heteroatoms. The zero-order valence-electron chi connectivity index (χ0n) is 15.7. The van der Waals surface area contributed by atoms with Gasteiger partial charge in [-0.25, -0.2) is 8.42 Å². The van der Waals surface area contributed by atoms with Crippen LogP contribution in [0.15, 0.2) is 53.4 Å². The molecule has 1 aliphatic heterocycles. The predicted molar refractivity (Wildman–Crippen MR) is 110 cm³/mol. The highest BCUT2D eigenvalue weighted by molar-refractivity contribution is 7.89. The number of hydrogen-bond acceptors (Lipinski definition) is 6. The largest absolute Gasteiger partial charge is 0.495 e. The number of nitrogens with one attached hydrogen (secondary N) is 1. The van der Waals surface area contributed by atoms with Crippen molar-refractivity contribution < 1.29 is 17.9 Å². The summed E-state index contributed by atoms with van der Waals surface area (Å²) in [7, 11) is -1.96. The normalized spacial score (nSPS) is 15.3. The summed E-state index contributed by atoms with van der Waals surface area (Å²) in [5.74, 6) is 1.22. The molecule has 1 aromatic heterocycles. The molecule has 152 valence electrons. The molecule has 0 bridgehead atoms. The summed E-state index contributed by atoms with van der Waals surface area (Å²) in [6.07, 6.45) is 0. The lowest BCUT2D eigenvalue weighted by molar-refractivity contribution is 0.0730. The van der Waals surface area contributed by atoms with E-state index in [9.17, 15) is 8.42 Å². The number of sulfonamides is 1. The van der Waals surface area contributed by atoms with Gasteiger partial charge in [0.1, 0.15) is 5.75 Å². The van der Waals surface area contributed by atoms with Gasteiger partial charge in [0.25, 0.3) is 0 Å². The number of H-pyrrole nitrogens is 1. The average molecular weight is 433 g/mol. The summed E-state index contributed by atoms with van der Waals surface area (Å²) in [4.78, 5) is 0.237. The molecule has 1 N–H and O–H groups in total. The summed E-state index contributed by atoms with van der Waals surface area (Å²) >= 11 is 5.41. The fourth-order valence-electron chi connectivity index (χ4n) is 3.24. The number of morpholine rings is 1. The van der Waals surface area contributed by atoms with Gasteiger partial charge in [-0.2, -0.15) is 9.40 Å². The first-order valence-electron chi connectivity index (χ1n) is 9.01. The lowest BCUT2D eigenvalue weighted by Crippen LogP contribution is -2.40. The highest BCUT2D eigenvalue weighted by Crippen LogP contribution is 2.28. The molecule has 0 spiro atoms. The first kappa shape index (κ1) is 19.8. The lowest BCUT2D eigenvalue weighted by atomic mass is 10.2. The second kappa shape index (κ2) is 8.07. The highest BCUT2D eigenvalue weighted by Gasteiger charge is 2.26. The van der Waals surface area contributed by atoms with E-state index in [4.69, 9.17) is 21.7 Å². The van der Waals surface area contributed by atoms with E-state index in [1.165, 1.54) is 4.31 Å². The van der Waals surface area contributed by atoms with E-state index >= 15 is 0 Å². The van der Waals surface area contributed by atoms with Gasteiger partial charge in [-0.3, -0.25) is 9.67 Å². The Kier molecular flexibility index (Phi) is 5.50. The molecule has 0 radical (unpaired) electrons. The number of aromatic nitrogens is 3. The molecular formula is C19H20N4O4S2. The summed E-state index contributed by atoms with van der Waals surface area (Å²) in [6, 6.07) is 14.1. The van der Waals surface area contributed by atoms with Gasteiger partial charge in [-0.05, 0) is 48.6 Å². The Bertz CT molecular complexity index is 1160. The summed E-state index contributed by atoms with van der Waals surface area (Å²) in [5.41, 5.74) is 1.47. The zero-order chi connectivity index (χ0) is 20.4. The summed E-state index contributed by atoms with van der Waals surface area (Å²) in [6.45, 7) is 1.53. The van der Waals surface area contributed by atoms with Gasteiger partial charge in [0.15, 0.2) is 10.6 Å². The smallest absolute Gasteiger partial charge is 0.243 e. The average Bonchev–Trinajstić information content (AvgIpc) is 3.15. The Morgan fingerprint density at radius 1 is 1.10 bits per heavy atom. The van der Waals surface area contributed by atoms with Crippen molar-refractivity contribution in [3.8, 4) is 22.8 Å². The van der Waals surface area contributed by atoms with E-state index in [1.54, 1.807) is 35.9 Å². The Morgan fingerprint density at radius 2 is 1.79 bits per heavy atom. The van der Waals surface area contributed by atoms with Crippen LogP contribution >= 0.6 is 12.2 Å². The Morgan fingerprint density at radius 3 is 2.48 bits per heavy atom. The van der Waals surface area contributed by atoms with Crippen LogP contribution < -0.4 is 4.74 Å². The first-order chi connectivity index (χ1) is 14.0. The number of aromatic amines is 1. The Balaban J connectivity index is 1.72. The number of rotatable bonds is 5. The minimum absolute atomic E-state index is 0.237. The third-order valence-corrected chi connectivity index (χ3v) is 6.91. The molecule has 1 aliphatic rings. The van der Waals surface area contributed by atoms with Gasteiger partial charge < -0.3 is 9.47 Å². The van der Waals surface area contributed by atoms with E-state index in [-0.39, 0.29) is 4.90 Å². The van der Waals surface area contributed by atoms with Gasteiger partial charge in [0.2, 0.25) is 10.0 Å². The third-order valence-electron chi connectivity index (χ3n) is 4.72. The maximum atomic E-state index is 12.8. The molecule has 0 amide bonds. The SMILES string of the molecule is COc1ccccc1-n1c(-c2ccc(S(=O)(=O)N3CCOCC3)cc2)n[nH]c1=S. The van der Waals surface area contributed by atoms with E-state index in [2.05, 4.69) is 10.2 Å². The second-order valence-electron chi connectivity index (χ2n) is 6.40. The second-order valence-corrected chi connectivity index (χ2v) is 8.73. The molecule has 3 aromatic rings. The topological polar surface area (TPSA) is 89.4 Å². The first-order valence-corrected chi connectivity index (χ1v) is 10.9. The van der Waals surface area contributed by atoms with Crippen LogP contribution in [-0.4, -0.2) is 60.9 Å². The van der Waals surface area contributed by atoms with Gasteiger partial charge in [0.05, 0.1) is 30.9 Å². The number of ether oxygens (including phenoxy) is 2. The van der Waals surface area contributed by atoms with Crippen molar-refractivity contribution >= 4 is 22.2 Å². The fourth-order valence-corrected chi connectivity index (χ4v) is 4.88. The highest BCUT2D eigenvalue weighted by atomic mass is 32.2. The van der Waals surface area contributed by atoms with E-state index < -0.39 is 10.0 Å². The molecule has 4 rings (SSSR count). The molecular weight excluding hydrogens is 412 g/mol. The van der Waals surface area contributed by atoms with Crippen LogP contribution in [0.5, 0.6) is 5.75 Å². The minimum atomic E-state index is -3.55. The van der Waals surface area contributed by atoms with Gasteiger partial charge in [0, 0.05) is 18.7 Å². The molecule has 1 fully saturated rings. The molecule has 8 nitrogen and oxygen atoms in total. The van der Waals surface area contributed by atoms with Crippen molar-refractivity contribution in [3.63, 3.8) is 0 Å². The van der Waals surface area contributed by atoms with Crippen LogP contribution in [0.1, 0.15) is 0 Å². The Hall–Kier alpha value is -2.53. The number of nitrogens with zero attached hydrogens (tertiary/aromatic N) is 3. The van der Waals surface area contributed by atoms with Crippen LogP contribution in [0.25, 0.3) is 17.1 Å². The van der Waals surface area contributed by atoms with Crippen LogP contribution in [0.3, 0.4) is 0 Å². The van der Waals surface area contributed by atoms with Gasteiger partial charge >= 0.3 is 0 Å². The zero-order valence-corrected chi connectivity index (χ0v) is 17.4. The van der Waals surface area contributed by atoms with Crippen molar-refractivity contribution in [1.29, 1.82) is 0 Å². The fraction of sp³-hybridized carbons (Fsp3) is 0.263. The van der Waals surface area contributed by atoms with Crippen molar-refractivity contribution in [3.05, 3.63) is 53.3 Å². The maximum absolute atomic E-state index is 12.8. The molecule has 0 unspecified atom stereocenters. The number of methoxy groups -OCH3 is 1. The molecule has 0 aliphatic carbocycles. The van der Waals surface area contributed by atoms with Crippen molar-refractivity contribution in [2.45, 2.75) is 4.90 Å². The standard InChI is InChI=1S/C19H20N4O4S2/c1-26-17-5-3-2-4-16(17)23-18(20-21-19(23)28)14-6-8-15(9-7-14)29(24,25)22-10-12-27-13-11-22/h2-9H,10-13H2,1H3,(H,21,28). The Labute approximate surface area is 173 Å². The summed E-state index contributed by atoms with van der Waals surface area (Å²) < 4.78 is 39.9. The monoisotopic (exact) mass is 432 g/mol. The van der Waals surface area contributed by atoms with Crippen molar-refractivity contribution in [2.75, 3.05) is 33.4 Å². The molecule has 2 heterocycles. The van der Waals surface area contributed by atoms with E-state index in [1.807, 2.05) is 24.3 Å². The molecule has 0 atom stereocenters. The maximum Gasteiger partial charge on any atom is 0.243 e. The van der Waals surface area contributed by atoms with E-state index in [0.717, 1.165) is 11.3 Å². The quantitative estimate of drug-likeness (QED) is 0.624. The van der Waals surface area contributed by atoms with Crippen LogP contribution in [0, 0.1) is 4.77 Å². The van der Waals surface area contributed by atoms with Gasteiger partial charge in [-0.1, -0.05) is 12.1 Å². The summed E-state index contributed by atoms with van der Waals surface area (Å²) in [5, 5.41) is 7.14. The lowest BCUT2D eigenvalue weighted by Gasteiger charge is -2.26. The minimum Gasteiger partial charge on any atom is -0.495 e. The molecule has 29 heavy (non-hydrogen) atoms. The van der Waals surface area contributed by atoms with Gasteiger partial charge in [-0.15, -0.1) is 0 Å². The number of hydrogen-bond donors (Lipinski definition) is 1. The number of benzene rings is 2. The molecule has 1 saturated heterocycles. The van der Waals surface area contributed by atoms with Crippen LogP contribution in [-0.2, 0) is 14.8 Å². The third kappa shape index (κ3) is 3.71. The van der Waals surface area contributed by atoms with Crippen LogP contribution in [0.4, 0.5) is 0 Å². The molecule has 2 aromatic carbocycles. The molecule has 0 saturated carbocycles. The predicted octanol–water partition coefficient (Wildman–Crippen LogP) is 2.63. The van der Waals surface area contributed by atoms with E-state index in [0.29, 0.717) is 42.6 Å².